The van der Waals surface area contributed by atoms with E-state index in [-0.39, 0.29) is 11.1 Å². The fraction of sp³-hybridized carbons (Fsp3) is 0.235. The van der Waals surface area contributed by atoms with Crippen molar-refractivity contribution in [3.63, 3.8) is 0 Å². The summed E-state index contributed by atoms with van der Waals surface area (Å²) in [5, 5.41) is 22.2. The first-order valence-electron chi connectivity index (χ1n) is 7.65. The monoisotopic (exact) mass is 380 g/mol. The first-order valence-corrected chi connectivity index (χ1v) is 8.42. The van der Waals surface area contributed by atoms with Crippen LogP contribution in [0.2, 0.25) is 0 Å². The van der Waals surface area contributed by atoms with Gasteiger partial charge in [0.25, 0.3) is 0 Å². The van der Waals surface area contributed by atoms with E-state index in [0.29, 0.717) is 24.0 Å². The second-order valence-electron chi connectivity index (χ2n) is 5.78. The number of benzene rings is 1. The zero-order valence-corrected chi connectivity index (χ0v) is 14.7. The third-order valence-corrected chi connectivity index (χ3v) is 4.53. The van der Waals surface area contributed by atoms with E-state index >= 15 is 0 Å². The van der Waals surface area contributed by atoms with Crippen molar-refractivity contribution in [3.05, 3.63) is 52.8 Å². The summed E-state index contributed by atoms with van der Waals surface area (Å²) < 4.78 is 42.6. The number of hydrogen-bond donors (Lipinski definition) is 2. The number of nitrogens with zero attached hydrogens (tertiary/aromatic N) is 3. The SMILES string of the molecule is Cc1cc(NCc2ccc(-c3c(C)cc(C(F)(F)F)cc3O)nn2)sn1. The zero-order chi connectivity index (χ0) is 18.9. The Labute approximate surface area is 151 Å². The van der Waals surface area contributed by atoms with Gasteiger partial charge in [-0.3, -0.25) is 0 Å². The molecule has 9 heteroatoms. The van der Waals surface area contributed by atoms with Gasteiger partial charge in [0.2, 0.25) is 0 Å². The standard InChI is InChI=1S/C17H15F3N4OS/c1-9-5-11(17(18,19)20)7-14(25)16(9)13-4-3-12(22-23-13)8-21-15-6-10(2)24-26-15/h3-7,21,25H,8H2,1-2H3. The van der Waals surface area contributed by atoms with Crippen molar-refractivity contribution in [1.29, 1.82) is 0 Å². The number of aromatic nitrogens is 3. The molecule has 2 N–H and O–H groups in total. The van der Waals surface area contributed by atoms with Gasteiger partial charge in [0.1, 0.15) is 10.8 Å². The van der Waals surface area contributed by atoms with E-state index in [1.165, 1.54) is 18.5 Å². The fourth-order valence-corrected chi connectivity index (χ4v) is 3.13. The maximum absolute atomic E-state index is 12.8. The molecule has 0 saturated carbocycles. The van der Waals surface area contributed by atoms with Crippen LogP contribution in [-0.4, -0.2) is 19.7 Å². The van der Waals surface area contributed by atoms with Crippen LogP contribution >= 0.6 is 11.5 Å². The molecule has 3 aromatic rings. The second kappa shape index (κ2) is 6.91. The van der Waals surface area contributed by atoms with Gasteiger partial charge in [0.05, 0.1) is 29.2 Å². The smallest absolute Gasteiger partial charge is 0.416 e. The largest absolute Gasteiger partial charge is 0.507 e. The van der Waals surface area contributed by atoms with Crippen molar-refractivity contribution in [2.75, 3.05) is 5.32 Å². The van der Waals surface area contributed by atoms with Gasteiger partial charge in [0.15, 0.2) is 0 Å². The van der Waals surface area contributed by atoms with Crippen molar-refractivity contribution < 1.29 is 18.3 Å². The number of aromatic hydroxyl groups is 1. The number of halogens is 3. The molecular weight excluding hydrogens is 365 g/mol. The molecule has 136 valence electrons. The first-order chi connectivity index (χ1) is 12.2. The maximum atomic E-state index is 12.8. The van der Waals surface area contributed by atoms with Crippen LogP contribution in [0.3, 0.4) is 0 Å². The van der Waals surface area contributed by atoms with Crippen molar-refractivity contribution in [2.24, 2.45) is 0 Å². The molecule has 0 fully saturated rings. The van der Waals surface area contributed by atoms with E-state index in [4.69, 9.17) is 0 Å². The molecular formula is C17H15F3N4OS. The summed E-state index contributed by atoms with van der Waals surface area (Å²) in [6, 6.07) is 6.93. The molecule has 2 heterocycles. The topological polar surface area (TPSA) is 70.9 Å². The minimum Gasteiger partial charge on any atom is -0.507 e. The quantitative estimate of drug-likeness (QED) is 0.695. The predicted molar refractivity (Wildman–Crippen MR) is 93.0 cm³/mol. The lowest BCUT2D eigenvalue weighted by atomic mass is 10.0. The molecule has 0 aliphatic heterocycles. The van der Waals surface area contributed by atoms with Gasteiger partial charge in [-0.2, -0.15) is 27.7 Å². The van der Waals surface area contributed by atoms with Crippen molar-refractivity contribution >= 4 is 16.5 Å². The summed E-state index contributed by atoms with van der Waals surface area (Å²) in [6.07, 6.45) is -4.52. The van der Waals surface area contributed by atoms with Gasteiger partial charge in [-0.25, -0.2) is 0 Å². The van der Waals surface area contributed by atoms with Crippen molar-refractivity contribution in [1.82, 2.24) is 14.6 Å². The van der Waals surface area contributed by atoms with Crippen LogP contribution in [0.25, 0.3) is 11.3 Å². The van der Waals surface area contributed by atoms with E-state index in [2.05, 4.69) is 19.9 Å². The Bertz CT molecular complexity index is 899. The Morgan fingerprint density at radius 2 is 1.88 bits per heavy atom. The summed E-state index contributed by atoms with van der Waals surface area (Å²) in [5.74, 6) is -0.474. The highest BCUT2D eigenvalue weighted by atomic mass is 32.1. The third-order valence-electron chi connectivity index (χ3n) is 3.69. The number of nitrogens with one attached hydrogen (secondary N) is 1. The fourth-order valence-electron chi connectivity index (χ4n) is 2.48. The molecule has 0 atom stereocenters. The Morgan fingerprint density at radius 3 is 2.42 bits per heavy atom. The number of rotatable bonds is 4. The minimum absolute atomic E-state index is 0.239. The molecule has 0 radical (unpaired) electrons. The van der Waals surface area contributed by atoms with Crippen LogP contribution in [-0.2, 0) is 12.7 Å². The van der Waals surface area contributed by atoms with Crippen LogP contribution < -0.4 is 5.32 Å². The van der Waals surface area contributed by atoms with E-state index in [1.54, 1.807) is 12.1 Å². The Balaban J connectivity index is 1.80. The Hall–Kier alpha value is -2.68. The lowest BCUT2D eigenvalue weighted by Gasteiger charge is -2.13. The van der Waals surface area contributed by atoms with Gasteiger partial charge in [-0.15, -0.1) is 0 Å². The molecule has 0 unspecified atom stereocenters. The molecule has 0 amide bonds. The lowest BCUT2D eigenvalue weighted by Crippen LogP contribution is -2.06. The normalized spacial score (nSPS) is 11.6. The van der Waals surface area contributed by atoms with Gasteiger partial charge in [-0.05, 0) is 61.3 Å². The predicted octanol–water partition coefficient (Wildman–Crippen LogP) is 4.55. The van der Waals surface area contributed by atoms with Crippen LogP contribution in [0, 0.1) is 13.8 Å². The molecule has 0 bridgehead atoms. The highest BCUT2D eigenvalue weighted by Gasteiger charge is 2.32. The Kier molecular flexibility index (Phi) is 4.82. The summed E-state index contributed by atoms with van der Waals surface area (Å²) in [7, 11) is 0. The highest BCUT2D eigenvalue weighted by Crippen LogP contribution is 2.38. The summed E-state index contributed by atoms with van der Waals surface area (Å²) in [5.41, 5.74) is 1.51. The molecule has 3 rings (SSSR count). The average Bonchev–Trinajstić information content (AvgIpc) is 2.98. The summed E-state index contributed by atoms with van der Waals surface area (Å²) in [4.78, 5) is 0. The summed E-state index contributed by atoms with van der Waals surface area (Å²) >= 11 is 1.34. The first kappa shape index (κ1) is 18.1. The number of phenolic OH excluding ortho intramolecular Hbond substituents is 1. The van der Waals surface area contributed by atoms with Gasteiger partial charge in [0, 0.05) is 5.56 Å². The van der Waals surface area contributed by atoms with Crippen LogP contribution in [0.1, 0.15) is 22.5 Å². The third kappa shape index (κ3) is 3.93. The number of anilines is 1. The van der Waals surface area contributed by atoms with Crippen LogP contribution in [0.5, 0.6) is 5.75 Å². The van der Waals surface area contributed by atoms with E-state index < -0.39 is 17.5 Å². The van der Waals surface area contributed by atoms with Gasteiger partial charge < -0.3 is 10.4 Å². The molecule has 0 aliphatic carbocycles. The highest BCUT2D eigenvalue weighted by molar-refractivity contribution is 7.10. The van der Waals surface area contributed by atoms with Gasteiger partial charge >= 0.3 is 6.18 Å². The Morgan fingerprint density at radius 1 is 1.12 bits per heavy atom. The molecule has 0 spiro atoms. The van der Waals surface area contributed by atoms with E-state index in [0.717, 1.165) is 16.8 Å². The second-order valence-corrected chi connectivity index (χ2v) is 6.59. The molecule has 0 aliphatic rings. The number of phenols is 1. The zero-order valence-electron chi connectivity index (χ0n) is 13.9. The molecule has 2 aromatic heterocycles. The molecule has 1 aromatic carbocycles. The number of aryl methyl sites for hydroxylation is 2. The average molecular weight is 380 g/mol. The molecule has 0 saturated heterocycles. The minimum atomic E-state index is -4.52. The summed E-state index contributed by atoms with van der Waals surface area (Å²) in [6.45, 7) is 3.83. The van der Waals surface area contributed by atoms with Crippen LogP contribution in [0.4, 0.5) is 18.2 Å². The van der Waals surface area contributed by atoms with Crippen LogP contribution in [0.15, 0.2) is 30.3 Å². The van der Waals surface area contributed by atoms with E-state index in [1.807, 2.05) is 13.0 Å². The van der Waals surface area contributed by atoms with Crippen molar-refractivity contribution in [2.45, 2.75) is 26.6 Å². The van der Waals surface area contributed by atoms with Gasteiger partial charge in [-0.1, -0.05) is 0 Å². The molecule has 5 nitrogen and oxygen atoms in total. The molecule has 26 heavy (non-hydrogen) atoms. The number of hydrogen-bond acceptors (Lipinski definition) is 6. The maximum Gasteiger partial charge on any atom is 0.416 e. The van der Waals surface area contributed by atoms with E-state index in [9.17, 15) is 18.3 Å². The lowest BCUT2D eigenvalue weighted by molar-refractivity contribution is -0.137. The van der Waals surface area contributed by atoms with Crippen molar-refractivity contribution in [3.8, 4) is 17.0 Å². The number of alkyl halides is 3.